The van der Waals surface area contributed by atoms with Crippen molar-refractivity contribution in [2.75, 3.05) is 13.7 Å². The van der Waals surface area contributed by atoms with Crippen molar-refractivity contribution in [1.29, 1.82) is 0 Å². The van der Waals surface area contributed by atoms with Gasteiger partial charge in [0, 0.05) is 34.3 Å². The minimum absolute atomic E-state index is 0.0458. The van der Waals surface area contributed by atoms with E-state index < -0.39 is 12.1 Å². The molecule has 0 saturated carbocycles. The first-order valence-corrected chi connectivity index (χ1v) is 11.3. The van der Waals surface area contributed by atoms with Crippen molar-refractivity contribution in [3.05, 3.63) is 69.9 Å². The van der Waals surface area contributed by atoms with E-state index in [4.69, 9.17) is 9.57 Å². The predicted octanol–water partition coefficient (Wildman–Crippen LogP) is 5.16. The second kappa shape index (κ2) is 9.88. The number of nitrogens with zero attached hydrogens (tertiary/aromatic N) is 2. The molecule has 0 radical (unpaired) electrons. The maximum Gasteiger partial charge on any atom is 0.508 e. The second-order valence-electron chi connectivity index (χ2n) is 7.48. The summed E-state index contributed by atoms with van der Waals surface area (Å²) in [6.07, 6.45) is -0.746. The predicted molar refractivity (Wildman–Crippen MR) is 130 cm³/mol. The first-order valence-electron chi connectivity index (χ1n) is 10.5. The molecule has 0 aliphatic rings. The van der Waals surface area contributed by atoms with E-state index in [1.165, 1.54) is 25.4 Å². The van der Waals surface area contributed by atoms with E-state index in [-0.39, 0.29) is 12.4 Å². The Hall–Kier alpha value is -3.98. The van der Waals surface area contributed by atoms with Crippen LogP contribution in [0.15, 0.2) is 59.1 Å². The van der Waals surface area contributed by atoms with Gasteiger partial charge in [-0.15, -0.1) is 11.3 Å². The van der Waals surface area contributed by atoms with E-state index in [0.29, 0.717) is 22.7 Å². The number of rotatable bonds is 7. The topological polar surface area (TPSA) is 96.2 Å². The van der Waals surface area contributed by atoms with E-state index in [1.807, 2.05) is 46.3 Å². The van der Waals surface area contributed by atoms with Gasteiger partial charge in [-0.25, -0.2) is 9.59 Å². The summed E-state index contributed by atoms with van der Waals surface area (Å²) in [5, 5.41) is 7.52. The van der Waals surface area contributed by atoms with Crippen LogP contribution < -0.4 is 0 Å². The molecule has 9 heteroatoms. The molecular formula is C25H22N2O6S. The van der Waals surface area contributed by atoms with Crippen molar-refractivity contribution in [2.45, 2.75) is 20.4 Å². The van der Waals surface area contributed by atoms with Gasteiger partial charge in [0.1, 0.15) is 6.61 Å². The molecule has 0 aliphatic carbocycles. The lowest BCUT2D eigenvalue weighted by atomic mass is 10.0. The van der Waals surface area contributed by atoms with Gasteiger partial charge in [-0.1, -0.05) is 17.3 Å². The zero-order valence-electron chi connectivity index (χ0n) is 18.9. The monoisotopic (exact) mass is 478 g/mol. The number of carbonyl (C=O) groups is 3. The molecule has 4 aromatic rings. The van der Waals surface area contributed by atoms with Gasteiger partial charge < -0.3 is 18.9 Å². The van der Waals surface area contributed by atoms with Crippen LogP contribution in [-0.4, -0.2) is 41.9 Å². The van der Waals surface area contributed by atoms with Crippen LogP contribution in [0, 0.1) is 0 Å². The van der Waals surface area contributed by atoms with Gasteiger partial charge in [0.25, 0.3) is 0 Å². The first kappa shape index (κ1) is 23.2. The molecule has 4 rings (SSSR count). The smallest absolute Gasteiger partial charge is 0.438 e. The zero-order valence-corrected chi connectivity index (χ0v) is 19.7. The van der Waals surface area contributed by atoms with Gasteiger partial charge in [0.15, 0.2) is 0 Å². The lowest BCUT2D eigenvalue weighted by Crippen LogP contribution is -2.11. The molecule has 2 aromatic carbocycles. The second-order valence-corrected chi connectivity index (χ2v) is 8.43. The number of hydrogen-bond donors (Lipinski definition) is 0. The Bertz CT molecular complexity index is 1420. The third-order valence-electron chi connectivity index (χ3n) is 5.30. The van der Waals surface area contributed by atoms with Gasteiger partial charge in [-0.3, -0.25) is 4.79 Å². The van der Waals surface area contributed by atoms with Crippen LogP contribution in [0.1, 0.15) is 34.6 Å². The van der Waals surface area contributed by atoms with E-state index >= 15 is 0 Å². The van der Waals surface area contributed by atoms with Crippen molar-refractivity contribution < 1.29 is 28.7 Å². The Morgan fingerprint density at radius 3 is 2.26 bits per heavy atom. The van der Waals surface area contributed by atoms with Crippen LogP contribution in [0.2, 0.25) is 0 Å². The highest BCUT2D eigenvalue weighted by atomic mass is 32.1. The standard InChI is InChI=1S/C25H22N2O6S/c1-15(26-33-16(2)28)17-6-8-21-19(13-17)20-14-18(24(29)23-5-4-12-34-23)7-9-22(20)27(21)10-11-32-25(30)31-3/h4-9,12-14H,10-11H2,1-3H3. The average molecular weight is 479 g/mol. The summed E-state index contributed by atoms with van der Waals surface area (Å²) in [5.41, 5.74) is 3.67. The fourth-order valence-electron chi connectivity index (χ4n) is 3.73. The number of oxime groups is 1. The molecule has 2 heterocycles. The lowest BCUT2D eigenvalue weighted by Gasteiger charge is -2.08. The number of fused-ring (bicyclic) bond motifs is 3. The maximum absolute atomic E-state index is 13.0. The van der Waals surface area contributed by atoms with Crippen LogP contribution in [0.4, 0.5) is 4.79 Å². The minimum atomic E-state index is -0.746. The van der Waals surface area contributed by atoms with Crippen molar-refractivity contribution >= 4 is 56.8 Å². The number of carbonyl (C=O) groups excluding carboxylic acids is 3. The van der Waals surface area contributed by atoms with E-state index in [9.17, 15) is 14.4 Å². The molecule has 2 aromatic heterocycles. The van der Waals surface area contributed by atoms with Gasteiger partial charge in [0.05, 0.1) is 24.2 Å². The van der Waals surface area contributed by atoms with Crippen LogP contribution in [0.5, 0.6) is 0 Å². The fraction of sp³-hybridized carbons (Fsp3) is 0.200. The molecule has 34 heavy (non-hydrogen) atoms. The number of methoxy groups -OCH3 is 1. The van der Waals surface area contributed by atoms with Crippen LogP contribution >= 0.6 is 11.3 Å². The largest absolute Gasteiger partial charge is 0.508 e. The Kier molecular flexibility index (Phi) is 6.74. The Morgan fingerprint density at radius 2 is 1.65 bits per heavy atom. The number of aromatic nitrogens is 1. The van der Waals surface area contributed by atoms with E-state index in [2.05, 4.69) is 9.89 Å². The summed E-state index contributed by atoms with van der Waals surface area (Å²) >= 11 is 1.40. The minimum Gasteiger partial charge on any atom is -0.438 e. The fourth-order valence-corrected chi connectivity index (χ4v) is 4.41. The summed E-state index contributed by atoms with van der Waals surface area (Å²) in [5.74, 6) is -0.546. The Balaban J connectivity index is 1.82. The van der Waals surface area contributed by atoms with Crippen LogP contribution in [0.25, 0.3) is 21.8 Å². The van der Waals surface area contributed by atoms with Crippen LogP contribution in [-0.2, 0) is 25.7 Å². The number of ether oxygens (including phenoxy) is 2. The zero-order chi connectivity index (χ0) is 24.2. The highest BCUT2D eigenvalue weighted by Crippen LogP contribution is 2.32. The molecular weight excluding hydrogens is 456 g/mol. The number of thiophene rings is 1. The quantitative estimate of drug-likeness (QED) is 0.120. The Labute approximate surface area is 199 Å². The van der Waals surface area contributed by atoms with Gasteiger partial charge >= 0.3 is 12.1 Å². The molecule has 0 atom stereocenters. The van der Waals surface area contributed by atoms with Crippen molar-refractivity contribution in [1.82, 2.24) is 4.57 Å². The van der Waals surface area contributed by atoms with Crippen molar-refractivity contribution in [3.63, 3.8) is 0 Å². The maximum atomic E-state index is 13.0. The molecule has 0 amide bonds. The third kappa shape index (κ3) is 4.69. The van der Waals surface area contributed by atoms with Crippen molar-refractivity contribution in [2.24, 2.45) is 5.16 Å². The summed E-state index contributed by atoms with van der Waals surface area (Å²) in [6, 6.07) is 15.0. The third-order valence-corrected chi connectivity index (χ3v) is 6.17. The molecule has 0 spiro atoms. The first-order chi connectivity index (χ1) is 16.4. The Morgan fingerprint density at radius 1 is 0.971 bits per heavy atom. The van der Waals surface area contributed by atoms with Gasteiger partial charge in [-0.2, -0.15) is 0 Å². The molecule has 0 aliphatic heterocycles. The summed E-state index contributed by atoms with van der Waals surface area (Å²) in [4.78, 5) is 40.9. The van der Waals surface area contributed by atoms with Crippen LogP contribution in [0.3, 0.4) is 0 Å². The summed E-state index contributed by atoms with van der Waals surface area (Å²) in [6.45, 7) is 3.55. The molecule has 0 bridgehead atoms. The van der Waals surface area contributed by atoms with E-state index in [1.54, 1.807) is 19.1 Å². The number of hydrogen-bond acceptors (Lipinski definition) is 8. The van der Waals surface area contributed by atoms with Crippen molar-refractivity contribution in [3.8, 4) is 0 Å². The molecule has 174 valence electrons. The normalized spacial score (nSPS) is 11.6. The lowest BCUT2D eigenvalue weighted by molar-refractivity contribution is -0.140. The number of benzene rings is 2. The number of ketones is 1. The highest BCUT2D eigenvalue weighted by Gasteiger charge is 2.17. The van der Waals surface area contributed by atoms with Gasteiger partial charge in [-0.05, 0) is 54.3 Å². The SMILES string of the molecule is COC(=O)OCCn1c2ccc(C(=O)c3cccs3)cc2c2cc(C(C)=NOC(C)=O)ccc21. The molecule has 0 saturated heterocycles. The molecule has 8 nitrogen and oxygen atoms in total. The van der Waals surface area contributed by atoms with E-state index in [0.717, 1.165) is 27.4 Å². The average Bonchev–Trinajstić information content (AvgIpc) is 3.48. The molecule has 0 unspecified atom stereocenters. The highest BCUT2D eigenvalue weighted by molar-refractivity contribution is 7.12. The van der Waals surface area contributed by atoms with Gasteiger partial charge in [0.2, 0.25) is 5.78 Å². The summed E-state index contributed by atoms with van der Waals surface area (Å²) in [7, 11) is 1.26. The molecule has 0 N–H and O–H groups in total. The molecule has 0 fully saturated rings. The summed E-state index contributed by atoms with van der Waals surface area (Å²) < 4.78 is 11.7.